The maximum Gasteiger partial charge on any atom is 0.342 e. The monoisotopic (exact) mass is 684 g/mol. The second-order valence-electron chi connectivity index (χ2n) is 12.2. The van der Waals surface area contributed by atoms with Crippen LogP contribution in [0.4, 0.5) is 0 Å². The molecule has 260 valence electrons. The molecule has 1 fully saturated rings. The zero-order chi connectivity index (χ0) is 34.5. The molecule has 5 aromatic carbocycles. The van der Waals surface area contributed by atoms with Gasteiger partial charge in [0.25, 0.3) is 0 Å². The van der Waals surface area contributed by atoms with Gasteiger partial charge in [0, 0.05) is 0 Å². The fourth-order valence-electron chi connectivity index (χ4n) is 5.93. The normalized spacial score (nSPS) is 20.2. The van der Waals surface area contributed by atoms with Gasteiger partial charge in [-0.3, -0.25) is 0 Å². The fourth-order valence-corrected chi connectivity index (χ4v) is 5.93. The van der Waals surface area contributed by atoms with Crippen molar-refractivity contribution in [1.29, 1.82) is 0 Å². The van der Waals surface area contributed by atoms with Gasteiger partial charge in [0.1, 0.15) is 24.4 Å². The Morgan fingerprint density at radius 1 is 0.510 bits per heavy atom. The quantitative estimate of drug-likeness (QED) is 0.110. The Kier molecular flexibility index (Phi) is 11.8. The molecule has 0 spiro atoms. The van der Waals surface area contributed by atoms with Crippen LogP contribution in [0.5, 0.6) is 6.01 Å². The van der Waals surface area contributed by atoms with Gasteiger partial charge < -0.3 is 28.4 Å². The van der Waals surface area contributed by atoms with Crippen molar-refractivity contribution in [3.05, 3.63) is 174 Å². The smallest absolute Gasteiger partial charge is 0.342 e. The molecule has 1 aliphatic heterocycles. The molecular formula is C41H40N4O6. The summed E-state index contributed by atoms with van der Waals surface area (Å²) in [5.41, 5.74) is 4.80. The number of para-hydroxylation sites is 1. The highest BCUT2D eigenvalue weighted by atomic mass is 16.7. The van der Waals surface area contributed by atoms with Gasteiger partial charge in [-0.15, -0.1) is 0 Å². The average molecular weight is 685 g/mol. The highest BCUT2D eigenvalue weighted by molar-refractivity contribution is 5.31. The summed E-state index contributed by atoms with van der Waals surface area (Å²) < 4.78 is 41.4. The molecule has 7 rings (SSSR count). The number of hydrogen-bond acceptors (Lipinski definition) is 9. The largest absolute Gasteiger partial charge is 0.429 e. The molecule has 6 aromatic rings. The molecule has 10 heteroatoms. The number of benzene rings is 5. The van der Waals surface area contributed by atoms with Crippen molar-refractivity contribution < 1.29 is 28.4 Å². The van der Waals surface area contributed by atoms with E-state index in [1.807, 2.05) is 152 Å². The average Bonchev–Trinajstić information content (AvgIpc) is 3.66. The van der Waals surface area contributed by atoms with Crippen LogP contribution in [0, 0.1) is 0 Å². The van der Waals surface area contributed by atoms with E-state index in [0.717, 1.165) is 27.9 Å². The van der Waals surface area contributed by atoms with Crippen LogP contribution in [0.25, 0.3) is 5.69 Å². The highest BCUT2D eigenvalue weighted by Gasteiger charge is 2.50. The van der Waals surface area contributed by atoms with E-state index < -0.39 is 30.7 Å². The number of tetrazole rings is 1. The summed E-state index contributed by atoms with van der Waals surface area (Å²) in [6, 6.07) is 49.7. The molecule has 10 nitrogen and oxygen atoms in total. The van der Waals surface area contributed by atoms with Gasteiger partial charge in [-0.25, -0.2) is 0 Å². The van der Waals surface area contributed by atoms with Crippen molar-refractivity contribution >= 4 is 0 Å². The third-order valence-electron chi connectivity index (χ3n) is 8.50. The molecule has 51 heavy (non-hydrogen) atoms. The van der Waals surface area contributed by atoms with E-state index in [-0.39, 0.29) is 19.2 Å². The van der Waals surface area contributed by atoms with Crippen LogP contribution in [0.3, 0.4) is 0 Å². The Bertz CT molecular complexity index is 1870. The summed E-state index contributed by atoms with van der Waals surface area (Å²) in [4.78, 5) is 0. The van der Waals surface area contributed by atoms with Gasteiger partial charge in [-0.1, -0.05) is 145 Å². The Hall–Kier alpha value is -5.23. The Morgan fingerprint density at radius 3 is 1.49 bits per heavy atom. The van der Waals surface area contributed by atoms with Crippen LogP contribution in [0.2, 0.25) is 0 Å². The van der Waals surface area contributed by atoms with Crippen molar-refractivity contribution in [2.75, 3.05) is 6.61 Å². The SMILES string of the molecule is c1ccc(COC[C@H]2O[C@@H](Oc3nnnn3-c3ccccc3)[C@H](OCc3ccccc3)[C@@H](OCc3ccccc3)[C@@H]2OCc2ccccc2)cc1. The molecule has 1 aliphatic rings. The van der Waals surface area contributed by atoms with Gasteiger partial charge in [0.2, 0.25) is 6.29 Å². The minimum absolute atomic E-state index is 0.147. The molecule has 0 amide bonds. The lowest BCUT2D eigenvalue weighted by atomic mass is 9.97. The topological polar surface area (TPSA) is 99.0 Å². The summed E-state index contributed by atoms with van der Waals surface area (Å²) in [6.07, 6.45) is -3.62. The highest BCUT2D eigenvalue weighted by Crippen LogP contribution is 2.32. The lowest BCUT2D eigenvalue weighted by Gasteiger charge is -2.45. The summed E-state index contributed by atoms with van der Waals surface area (Å²) in [5, 5.41) is 12.3. The minimum atomic E-state index is -0.996. The molecule has 0 N–H and O–H groups in total. The predicted molar refractivity (Wildman–Crippen MR) is 190 cm³/mol. The van der Waals surface area contributed by atoms with Gasteiger partial charge in [-0.2, -0.15) is 4.68 Å². The first-order valence-electron chi connectivity index (χ1n) is 17.0. The molecule has 2 heterocycles. The van der Waals surface area contributed by atoms with Gasteiger partial charge in [0.15, 0.2) is 0 Å². The first-order valence-corrected chi connectivity index (χ1v) is 17.0. The van der Waals surface area contributed by atoms with Gasteiger partial charge >= 0.3 is 6.01 Å². The molecule has 5 atom stereocenters. The fraction of sp³-hybridized carbons (Fsp3) is 0.244. The molecule has 0 saturated carbocycles. The minimum Gasteiger partial charge on any atom is -0.429 e. The molecular weight excluding hydrogens is 644 g/mol. The Labute approximate surface area is 297 Å². The van der Waals surface area contributed by atoms with Gasteiger partial charge in [-0.05, 0) is 44.8 Å². The van der Waals surface area contributed by atoms with Crippen molar-refractivity contribution in [3.63, 3.8) is 0 Å². The van der Waals surface area contributed by atoms with Crippen molar-refractivity contribution in [2.45, 2.75) is 57.1 Å². The number of aromatic nitrogens is 4. The van der Waals surface area contributed by atoms with Crippen molar-refractivity contribution in [3.8, 4) is 11.7 Å². The molecule has 0 radical (unpaired) electrons. The number of nitrogens with zero attached hydrogens (tertiary/aromatic N) is 4. The van der Waals surface area contributed by atoms with E-state index in [1.165, 1.54) is 4.68 Å². The molecule has 1 saturated heterocycles. The maximum atomic E-state index is 6.81. The predicted octanol–water partition coefficient (Wildman–Crippen LogP) is 6.74. The van der Waals surface area contributed by atoms with Crippen LogP contribution in [0.1, 0.15) is 22.3 Å². The first kappa shape index (κ1) is 34.2. The van der Waals surface area contributed by atoms with Crippen LogP contribution in [-0.4, -0.2) is 57.5 Å². The van der Waals surface area contributed by atoms with E-state index in [1.54, 1.807) is 0 Å². The molecule has 0 unspecified atom stereocenters. The van der Waals surface area contributed by atoms with Crippen LogP contribution in [0.15, 0.2) is 152 Å². The van der Waals surface area contributed by atoms with Crippen molar-refractivity contribution in [1.82, 2.24) is 20.2 Å². The molecule has 1 aromatic heterocycles. The zero-order valence-electron chi connectivity index (χ0n) is 28.1. The number of hydrogen-bond donors (Lipinski definition) is 0. The van der Waals surface area contributed by atoms with Gasteiger partial charge in [0.05, 0.1) is 38.7 Å². The standard InChI is InChI=1S/C41H40N4O6/c1-6-16-31(17-7-1)26-46-30-36-37(47-27-32-18-8-2-9-19-32)38(48-28-33-20-10-3-11-21-33)39(49-29-34-22-12-4-13-23-34)40(50-36)51-41-42-43-44-45(41)35-24-14-5-15-25-35/h1-25,36-40H,26-30H2/t36-,37-,38+,39-,40+/m1/s1. The van der Waals surface area contributed by atoms with E-state index in [4.69, 9.17) is 28.4 Å². The van der Waals surface area contributed by atoms with E-state index in [0.29, 0.717) is 19.8 Å². The van der Waals surface area contributed by atoms with Crippen LogP contribution < -0.4 is 4.74 Å². The molecule has 0 aliphatic carbocycles. The van der Waals surface area contributed by atoms with Crippen molar-refractivity contribution in [2.24, 2.45) is 0 Å². The third kappa shape index (κ3) is 9.31. The summed E-state index contributed by atoms with van der Waals surface area (Å²) in [6.45, 7) is 1.53. The van der Waals surface area contributed by atoms with Crippen LogP contribution in [-0.2, 0) is 50.1 Å². The Morgan fingerprint density at radius 2 is 0.961 bits per heavy atom. The summed E-state index contributed by atoms with van der Waals surface area (Å²) in [7, 11) is 0. The second-order valence-corrected chi connectivity index (χ2v) is 12.2. The van der Waals surface area contributed by atoms with E-state index in [9.17, 15) is 0 Å². The molecule has 0 bridgehead atoms. The maximum absolute atomic E-state index is 6.81. The first-order chi connectivity index (χ1) is 25.3. The lowest BCUT2D eigenvalue weighted by molar-refractivity contribution is -0.311. The number of rotatable bonds is 16. The van der Waals surface area contributed by atoms with E-state index in [2.05, 4.69) is 15.5 Å². The summed E-state index contributed by atoms with van der Waals surface area (Å²) in [5.74, 6) is 0. The lowest BCUT2D eigenvalue weighted by Crippen LogP contribution is -2.62. The Balaban J connectivity index is 1.23. The van der Waals surface area contributed by atoms with Crippen LogP contribution >= 0.6 is 0 Å². The third-order valence-corrected chi connectivity index (χ3v) is 8.50. The second kappa shape index (κ2) is 17.6. The zero-order valence-corrected chi connectivity index (χ0v) is 28.1. The van der Waals surface area contributed by atoms with E-state index >= 15 is 0 Å². The number of ether oxygens (including phenoxy) is 6. The summed E-state index contributed by atoms with van der Waals surface area (Å²) >= 11 is 0.